The maximum absolute atomic E-state index is 13.0. The van der Waals surface area contributed by atoms with Crippen molar-refractivity contribution < 1.29 is 18.6 Å². The molecule has 0 atom stereocenters. The van der Waals surface area contributed by atoms with Crippen molar-refractivity contribution >= 4 is 9.84 Å². The normalized spacial score (nSPS) is 11.7. The third-order valence-corrected chi connectivity index (χ3v) is 6.07. The third-order valence-electron chi connectivity index (χ3n) is 4.06. The molecule has 0 amide bonds. The van der Waals surface area contributed by atoms with Crippen molar-refractivity contribution in [1.82, 2.24) is 0 Å². The summed E-state index contributed by atoms with van der Waals surface area (Å²) in [6, 6.07) is 4.57. The van der Waals surface area contributed by atoms with Crippen LogP contribution in [0.3, 0.4) is 0 Å². The monoisotopic (exact) mass is 320 g/mol. The molecule has 0 bridgehead atoms. The number of phenols is 2. The first-order chi connectivity index (χ1) is 10.1. The molecule has 2 aromatic carbocycles. The van der Waals surface area contributed by atoms with Gasteiger partial charge in [0.1, 0.15) is 11.5 Å². The number of hydrogen-bond donors (Lipinski definition) is 2. The predicted molar refractivity (Wildman–Crippen MR) is 85.4 cm³/mol. The fourth-order valence-electron chi connectivity index (χ4n) is 2.51. The highest BCUT2D eigenvalue weighted by molar-refractivity contribution is 7.91. The van der Waals surface area contributed by atoms with Crippen LogP contribution >= 0.6 is 0 Å². The number of phenolic OH excluding ortho intramolecular Hbond substituents is 2. The molecule has 0 spiro atoms. The van der Waals surface area contributed by atoms with E-state index in [1.807, 2.05) is 0 Å². The summed E-state index contributed by atoms with van der Waals surface area (Å²) in [6.07, 6.45) is 0. The Hall–Kier alpha value is -2.01. The van der Waals surface area contributed by atoms with Gasteiger partial charge in [0.25, 0.3) is 0 Å². The number of benzene rings is 2. The molecule has 22 heavy (non-hydrogen) atoms. The van der Waals surface area contributed by atoms with Gasteiger partial charge in [0.05, 0.1) is 9.79 Å². The molecule has 0 unspecified atom stereocenters. The molecule has 0 saturated heterocycles. The average Bonchev–Trinajstić information content (AvgIpc) is 2.44. The Kier molecular flexibility index (Phi) is 3.96. The van der Waals surface area contributed by atoms with Crippen LogP contribution in [0, 0.1) is 34.6 Å². The lowest BCUT2D eigenvalue weighted by Crippen LogP contribution is -2.08. The molecule has 4 nitrogen and oxygen atoms in total. The summed E-state index contributed by atoms with van der Waals surface area (Å²) in [5.41, 5.74) is 2.58. The Morgan fingerprint density at radius 3 is 1.91 bits per heavy atom. The van der Waals surface area contributed by atoms with E-state index in [-0.39, 0.29) is 21.3 Å². The van der Waals surface area contributed by atoms with Crippen LogP contribution in [-0.2, 0) is 9.84 Å². The van der Waals surface area contributed by atoms with Gasteiger partial charge in [-0.2, -0.15) is 0 Å². The zero-order valence-electron chi connectivity index (χ0n) is 13.4. The molecule has 2 rings (SSSR count). The van der Waals surface area contributed by atoms with Crippen LogP contribution in [0.5, 0.6) is 11.5 Å². The van der Waals surface area contributed by atoms with Gasteiger partial charge in [-0.25, -0.2) is 8.42 Å². The molecule has 0 aliphatic rings. The zero-order valence-corrected chi connectivity index (χ0v) is 14.2. The molecule has 5 heteroatoms. The summed E-state index contributed by atoms with van der Waals surface area (Å²) >= 11 is 0. The number of sulfone groups is 1. The first kappa shape index (κ1) is 16.4. The molecule has 0 fully saturated rings. The first-order valence-corrected chi connectivity index (χ1v) is 8.40. The van der Waals surface area contributed by atoms with Crippen LogP contribution in [0.4, 0.5) is 0 Å². The lowest BCUT2D eigenvalue weighted by atomic mass is 10.1. The fourth-order valence-corrected chi connectivity index (χ4v) is 4.49. The van der Waals surface area contributed by atoms with E-state index in [0.29, 0.717) is 27.8 Å². The molecule has 118 valence electrons. The molecule has 0 saturated carbocycles. The Bertz CT molecular complexity index is 865. The third kappa shape index (κ3) is 2.46. The van der Waals surface area contributed by atoms with Gasteiger partial charge in [0.2, 0.25) is 9.84 Å². The van der Waals surface area contributed by atoms with Crippen molar-refractivity contribution in [3.63, 3.8) is 0 Å². The van der Waals surface area contributed by atoms with Gasteiger partial charge >= 0.3 is 0 Å². The highest BCUT2D eigenvalue weighted by Gasteiger charge is 2.26. The molecule has 0 aliphatic heterocycles. The van der Waals surface area contributed by atoms with Gasteiger partial charge < -0.3 is 10.2 Å². The van der Waals surface area contributed by atoms with E-state index >= 15 is 0 Å². The number of rotatable bonds is 2. The molecular formula is C17H20O4S. The Labute approximate surface area is 131 Å². The smallest absolute Gasteiger partial charge is 0.207 e. The quantitative estimate of drug-likeness (QED) is 0.888. The summed E-state index contributed by atoms with van der Waals surface area (Å²) in [5.74, 6) is 0.0729. The number of aromatic hydroxyl groups is 2. The van der Waals surface area contributed by atoms with Crippen molar-refractivity contribution in [2.45, 2.75) is 44.4 Å². The van der Waals surface area contributed by atoms with E-state index in [4.69, 9.17) is 0 Å². The summed E-state index contributed by atoms with van der Waals surface area (Å²) in [7, 11) is -3.78. The van der Waals surface area contributed by atoms with Crippen molar-refractivity contribution in [2.24, 2.45) is 0 Å². The van der Waals surface area contributed by atoms with Gasteiger partial charge in [-0.05, 0) is 75.1 Å². The SMILES string of the molecule is Cc1cc(O)c(C)c(S(=O)(=O)c2cc(C)c(O)c(C)c2C)c1. The highest BCUT2D eigenvalue weighted by Crippen LogP contribution is 2.36. The minimum Gasteiger partial charge on any atom is -0.508 e. The van der Waals surface area contributed by atoms with Gasteiger partial charge in [-0.15, -0.1) is 0 Å². The second kappa shape index (κ2) is 5.32. The number of aryl methyl sites for hydroxylation is 2. The van der Waals surface area contributed by atoms with Crippen molar-refractivity contribution in [3.05, 3.63) is 46.0 Å². The van der Waals surface area contributed by atoms with Crippen molar-refractivity contribution in [2.75, 3.05) is 0 Å². The average molecular weight is 320 g/mol. The van der Waals surface area contributed by atoms with E-state index in [1.54, 1.807) is 40.7 Å². The van der Waals surface area contributed by atoms with Gasteiger partial charge in [0, 0.05) is 5.56 Å². The molecule has 0 radical (unpaired) electrons. The highest BCUT2D eigenvalue weighted by atomic mass is 32.2. The first-order valence-electron chi connectivity index (χ1n) is 6.92. The zero-order chi connectivity index (χ0) is 16.8. The van der Waals surface area contributed by atoms with Crippen LogP contribution in [0.25, 0.3) is 0 Å². The summed E-state index contributed by atoms with van der Waals surface area (Å²) in [6.45, 7) is 8.35. The second-order valence-corrected chi connectivity index (χ2v) is 7.59. The minimum atomic E-state index is -3.78. The van der Waals surface area contributed by atoms with Crippen LogP contribution in [0.2, 0.25) is 0 Å². The van der Waals surface area contributed by atoms with E-state index in [2.05, 4.69) is 0 Å². The Morgan fingerprint density at radius 2 is 1.32 bits per heavy atom. The summed E-state index contributed by atoms with van der Waals surface area (Å²) in [4.78, 5) is 0.256. The summed E-state index contributed by atoms with van der Waals surface area (Å²) < 4.78 is 26.0. The Morgan fingerprint density at radius 1 is 0.773 bits per heavy atom. The second-order valence-electron chi connectivity index (χ2n) is 5.70. The fraction of sp³-hybridized carbons (Fsp3) is 0.294. The van der Waals surface area contributed by atoms with Crippen LogP contribution in [0.1, 0.15) is 27.8 Å². The van der Waals surface area contributed by atoms with Crippen LogP contribution in [-0.4, -0.2) is 18.6 Å². The summed E-state index contributed by atoms with van der Waals surface area (Å²) in [5, 5.41) is 19.9. The largest absolute Gasteiger partial charge is 0.508 e. The topological polar surface area (TPSA) is 74.6 Å². The van der Waals surface area contributed by atoms with Gasteiger partial charge in [0.15, 0.2) is 0 Å². The lowest BCUT2D eigenvalue weighted by Gasteiger charge is -2.16. The van der Waals surface area contributed by atoms with Crippen LogP contribution in [0.15, 0.2) is 28.0 Å². The van der Waals surface area contributed by atoms with Crippen molar-refractivity contribution in [1.29, 1.82) is 0 Å². The van der Waals surface area contributed by atoms with E-state index in [0.717, 1.165) is 0 Å². The van der Waals surface area contributed by atoms with Gasteiger partial charge in [-0.1, -0.05) is 0 Å². The maximum Gasteiger partial charge on any atom is 0.207 e. The molecule has 0 heterocycles. The Balaban J connectivity index is 2.83. The molecular weight excluding hydrogens is 300 g/mol. The van der Waals surface area contributed by atoms with Crippen LogP contribution < -0.4 is 0 Å². The van der Waals surface area contributed by atoms with Crippen molar-refractivity contribution in [3.8, 4) is 11.5 Å². The molecule has 2 aromatic rings. The molecule has 0 aliphatic carbocycles. The molecule has 0 aromatic heterocycles. The minimum absolute atomic E-state index is 0.0385. The number of hydrogen-bond acceptors (Lipinski definition) is 4. The standard InChI is InChI=1S/C17H20O4S/c1-9-6-14(18)13(5)15(7-9)22(20,21)16-8-10(2)17(19)12(4)11(16)3/h6-8,18-19H,1-5H3. The maximum atomic E-state index is 13.0. The van der Waals surface area contributed by atoms with E-state index in [9.17, 15) is 18.6 Å². The lowest BCUT2D eigenvalue weighted by molar-refractivity contribution is 0.465. The molecule has 2 N–H and O–H groups in total. The predicted octanol–water partition coefficient (Wildman–Crippen LogP) is 3.47. The van der Waals surface area contributed by atoms with Gasteiger partial charge in [-0.3, -0.25) is 0 Å². The van der Waals surface area contributed by atoms with E-state index < -0.39 is 9.84 Å². The van der Waals surface area contributed by atoms with E-state index in [1.165, 1.54) is 12.1 Å².